The van der Waals surface area contributed by atoms with Gasteiger partial charge in [0.1, 0.15) is 0 Å². The van der Waals surface area contributed by atoms with Gasteiger partial charge in [-0.3, -0.25) is 9.59 Å². The lowest BCUT2D eigenvalue weighted by Crippen LogP contribution is -2.18. The summed E-state index contributed by atoms with van der Waals surface area (Å²) in [5.74, 6) is -0.509. The molecule has 0 spiro atoms. The van der Waals surface area contributed by atoms with Crippen LogP contribution in [0.2, 0.25) is 0 Å². The topological polar surface area (TPSA) is 70.6 Å². The van der Waals surface area contributed by atoms with E-state index >= 15 is 0 Å². The summed E-state index contributed by atoms with van der Waals surface area (Å²) in [6.45, 7) is 3.92. The van der Waals surface area contributed by atoms with Crippen LogP contribution in [0.15, 0.2) is 77.9 Å². The predicted molar refractivity (Wildman–Crippen MR) is 112 cm³/mol. The zero-order valence-corrected chi connectivity index (χ0v) is 15.8. The Labute approximate surface area is 164 Å². The highest BCUT2D eigenvalue weighted by molar-refractivity contribution is 6.04. The second kappa shape index (κ2) is 8.77. The molecular formula is C23H21N3O2. The molecule has 0 fully saturated rings. The zero-order chi connectivity index (χ0) is 19.9. The molecule has 3 aromatic rings. The molecule has 0 aliphatic rings. The Kier molecular flexibility index (Phi) is 5.97. The van der Waals surface area contributed by atoms with Crippen molar-refractivity contribution in [2.24, 2.45) is 5.10 Å². The Hall–Kier alpha value is -3.73. The number of carbonyl (C=O) groups excluding carboxylic acids is 2. The largest absolute Gasteiger partial charge is 0.322 e. The molecule has 140 valence electrons. The van der Waals surface area contributed by atoms with Crippen molar-refractivity contribution in [1.82, 2.24) is 5.43 Å². The van der Waals surface area contributed by atoms with Crippen molar-refractivity contribution in [1.29, 1.82) is 0 Å². The molecule has 3 aromatic carbocycles. The summed E-state index contributed by atoms with van der Waals surface area (Å²) in [4.78, 5) is 24.5. The lowest BCUT2D eigenvalue weighted by Gasteiger charge is -2.07. The van der Waals surface area contributed by atoms with E-state index in [1.807, 2.05) is 56.3 Å². The van der Waals surface area contributed by atoms with E-state index in [0.717, 1.165) is 16.7 Å². The van der Waals surface area contributed by atoms with Crippen LogP contribution in [0, 0.1) is 13.8 Å². The highest BCUT2D eigenvalue weighted by Gasteiger charge is 2.08. The van der Waals surface area contributed by atoms with Gasteiger partial charge >= 0.3 is 0 Å². The average Bonchev–Trinajstić information content (AvgIpc) is 2.70. The van der Waals surface area contributed by atoms with Crippen LogP contribution in [0.5, 0.6) is 0 Å². The summed E-state index contributed by atoms with van der Waals surface area (Å²) in [6, 6.07) is 21.8. The summed E-state index contributed by atoms with van der Waals surface area (Å²) >= 11 is 0. The summed E-state index contributed by atoms with van der Waals surface area (Å²) in [7, 11) is 0. The van der Waals surface area contributed by atoms with Crippen molar-refractivity contribution in [2.75, 3.05) is 5.32 Å². The van der Waals surface area contributed by atoms with E-state index in [1.54, 1.807) is 36.5 Å². The lowest BCUT2D eigenvalue weighted by molar-refractivity contribution is 0.0954. The monoisotopic (exact) mass is 371 g/mol. The fourth-order valence-corrected chi connectivity index (χ4v) is 2.65. The maximum Gasteiger partial charge on any atom is 0.271 e. The van der Waals surface area contributed by atoms with Gasteiger partial charge in [0.15, 0.2) is 0 Å². The molecule has 2 N–H and O–H groups in total. The predicted octanol–water partition coefficient (Wildman–Crippen LogP) is 4.32. The van der Waals surface area contributed by atoms with Crippen LogP contribution in [-0.4, -0.2) is 18.0 Å². The van der Waals surface area contributed by atoms with Crippen LogP contribution < -0.4 is 10.7 Å². The van der Waals surface area contributed by atoms with E-state index in [2.05, 4.69) is 15.8 Å². The van der Waals surface area contributed by atoms with Gasteiger partial charge in [-0.1, -0.05) is 42.0 Å². The molecule has 0 aromatic heterocycles. The first-order chi connectivity index (χ1) is 13.5. The van der Waals surface area contributed by atoms with E-state index in [4.69, 9.17) is 0 Å². The molecule has 2 amide bonds. The van der Waals surface area contributed by atoms with Gasteiger partial charge in [0, 0.05) is 16.8 Å². The molecule has 5 nitrogen and oxygen atoms in total. The quantitative estimate of drug-likeness (QED) is 0.518. The van der Waals surface area contributed by atoms with Gasteiger partial charge in [0.2, 0.25) is 0 Å². The minimum Gasteiger partial charge on any atom is -0.322 e. The van der Waals surface area contributed by atoms with Gasteiger partial charge in [-0.25, -0.2) is 5.43 Å². The van der Waals surface area contributed by atoms with Crippen molar-refractivity contribution in [2.45, 2.75) is 13.8 Å². The number of nitrogens with one attached hydrogen (secondary N) is 2. The van der Waals surface area contributed by atoms with Crippen molar-refractivity contribution in [3.63, 3.8) is 0 Å². The van der Waals surface area contributed by atoms with Gasteiger partial charge in [0.05, 0.1) is 6.21 Å². The first kappa shape index (κ1) is 19.0. The SMILES string of the molecule is Cc1cccc(C(=O)Nc2ccc(C(=O)N/N=C/c3ccccc3C)cc2)c1. The number of amides is 2. The van der Waals surface area contributed by atoms with E-state index in [-0.39, 0.29) is 11.8 Å². The number of benzene rings is 3. The van der Waals surface area contributed by atoms with Gasteiger partial charge in [-0.2, -0.15) is 5.10 Å². The third kappa shape index (κ3) is 4.92. The summed E-state index contributed by atoms with van der Waals surface area (Å²) in [5, 5.41) is 6.83. The van der Waals surface area contributed by atoms with Gasteiger partial charge in [-0.05, 0) is 61.4 Å². The van der Waals surface area contributed by atoms with E-state index in [1.165, 1.54) is 0 Å². The Bertz CT molecular complexity index is 1020. The van der Waals surface area contributed by atoms with E-state index in [9.17, 15) is 9.59 Å². The molecule has 0 heterocycles. The number of hydrazone groups is 1. The first-order valence-electron chi connectivity index (χ1n) is 8.90. The Morgan fingerprint density at radius 1 is 0.821 bits per heavy atom. The molecule has 5 heteroatoms. The number of rotatable bonds is 5. The Morgan fingerprint density at radius 3 is 2.29 bits per heavy atom. The fraction of sp³-hybridized carbons (Fsp3) is 0.0870. The number of hydrogen-bond donors (Lipinski definition) is 2. The molecule has 0 aliphatic heterocycles. The summed E-state index contributed by atoms with van der Waals surface area (Å²) in [6.07, 6.45) is 1.61. The molecule has 0 aliphatic carbocycles. The minimum atomic E-state index is -0.318. The van der Waals surface area contributed by atoms with Gasteiger partial charge < -0.3 is 5.32 Å². The zero-order valence-electron chi connectivity index (χ0n) is 15.8. The molecule has 0 saturated carbocycles. The van der Waals surface area contributed by atoms with Crippen LogP contribution in [0.3, 0.4) is 0 Å². The lowest BCUT2D eigenvalue weighted by atomic mass is 10.1. The van der Waals surface area contributed by atoms with Crippen LogP contribution in [0.4, 0.5) is 5.69 Å². The number of hydrogen-bond acceptors (Lipinski definition) is 3. The minimum absolute atomic E-state index is 0.191. The maximum atomic E-state index is 12.3. The normalized spacial score (nSPS) is 10.6. The number of nitrogens with zero attached hydrogens (tertiary/aromatic N) is 1. The van der Waals surface area contributed by atoms with Crippen LogP contribution >= 0.6 is 0 Å². The second-order valence-corrected chi connectivity index (χ2v) is 6.46. The molecular weight excluding hydrogens is 350 g/mol. The highest BCUT2D eigenvalue weighted by atomic mass is 16.2. The molecule has 0 radical (unpaired) electrons. The summed E-state index contributed by atoms with van der Waals surface area (Å²) < 4.78 is 0. The second-order valence-electron chi connectivity index (χ2n) is 6.46. The van der Waals surface area contributed by atoms with E-state index < -0.39 is 0 Å². The van der Waals surface area contributed by atoms with Gasteiger partial charge in [0.25, 0.3) is 11.8 Å². The summed E-state index contributed by atoms with van der Waals surface area (Å²) in [5.41, 5.74) is 7.21. The van der Waals surface area contributed by atoms with Crippen molar-refractivity contribution < 1.29 is 9.59 Å². The third-order valence-corrected chi connectivity index (χ3v) is 4.24. The standard InChI is InChI=1S/C23H21N3O2/c1-16-6-5-9-19(14-16)22(27)25-21-12-10-18(11-13-21)23(28)26-24-15-20-8-4-3-7-17(20)2/h3-15H,1-2H3,(H,25,27)(H,26,28)/b24-15+. The fourth-order valence-electron chi connectivity index (χ4n) is 2.65. The number of carbonyl (C=O) groups is 2. The van der Waals surface area contributed by atoms with Crippen molar-refractivity contribution in [3.05, 3.63) is 101 Å². The molecule has 0 saturated heterocycles. The van der Waals surface area contributed by atoms with Gasteiger partial charge in [-0.15, -0.1) is 0 Å². The third-order valence-electron chi connectivity index (χ3n) is 4.24. The Morgan fingerprint density at radius 2 is 1.57 bits per heavy atom. The van der Waals surface area contributed by atoms with Crippen molar-refractivity contribution >= 4 is 23.7 Å². The molecule has 0 unspecified atom stereocenters. The number of anilines is 1. The van der Waals surface area contributed by atoms with Crippen LogP contribution in [0.25, 0.3) is 0 Å². The van der Waals surface area contributed by atoms with Crippen LogP contribution in [0.1, 0.15) is 37.4 Å². The van der Waals surface area contributed by atoms with E-state index in [0.29, 0.717) is 16.8 Å². The molecule has 0 atom stereocenters. The molecule has 3 rings (SSSR count). The first-order valence-corrected chi connectivity index (χ1v) is 8.90. The Balaban J connectivity index is 1.60. The molecule has 28 heavy (non-hydrogen) atoms. The number of aryl methyl sites for hydroxylation is 2. The molecule has 0 bridgehead atoms. The highest BCUT2D eigenvalue weighted by Crippen LogP contribution is 2.12. The smallest absolute Gasteiger partial charge is 0.271 e. The average molecular weight is 371 g/mol. The van der Waals surface area contributed by atoms with Crippen molar-refractivity contribution in [3.8, 4) is 0 Å². The van der Waals surface area contributed by atoms with Crippen LogP contribution in [-0.2, 0) is 0 Å². The maximum absolute atomic E-state index is 12.3.